The predicted molar refractivity (Wildman–Crippen MR) is 123 cm³/mol. The lowest BCUT2D eigenvalue weighted by Gasteiger charge is -2.38. The molecule has 0 spiro atoms. The van der Waals surface area contributed by atoms with Crippen LogP contribution in [0.2, 0.25) is 0 Å². The first-order valence-electron chi connectivity index (χ1n) is 12.3. The molecule has 1 atom stereocenters. The van der Waals surface area contributed by atoms with Crippen LogP contribution in [0.5, 0.6) is 0 Å². The van der Waals surface area contributed by atoms with E-state index in [4.69, 9.17) is 9.47 Å². The topological polar surface area (TPSA) is 38.7 Å². The summed E-state index contributed by atoms with van der Waals surface area (Å²) in [5.41, 5.74) is -0.0917. The lowest BCUT2D eigenvalue weighted by Crippen LogP contribution is -2.47. The number of hydrogen-bond donors (Lipinski definition) is 1. The molecule has 0 aliphatic heterocycles. The molecule has 1 aromatic carbocycles. The fourth-order valence-corrected chi connectivity index (χ4v) is 4.08. The van der Waals surface area contributed by atoms with Crippen molar-refractivity contribution in [1.29, 1.82) is 0 Å². The predicted octanol–water partition coefficient (Wildman–Crippen LogP) is 7.68. The first kappa shape index (κ1) is 28.9. The van der Waals surface area contributed by atoms with E-state index < -0.39 is 23.4 Å². The van der Waals surface area contributed by atoms with Gasteiger partial charge in [-0.15, -0.1) is 0 Å². The Kier molecular flexibility index (Phi) is 13.5. The molecule has 1 rings (SSSR count). The fourth-order valence-electron chi connectivity index (χ4n) is 4.08. The van der Waals surface area contributed by atoms with Gasteiger partial charge in [0.05, 0.1) is 12.2 Å². The van der Waals surface area contributed by atoms with Gasteiger partial charge in [-0.05, 0) is 53.4 Å². The highest BCUT2D eigenvalue weighted by Gasteiger charge is 2.40. The van der Waals surface area contributed by atoms with Crippen LogP contribution >= 0.6 is 0 Å². The Balaban J connectivity index is 2.76. The van der Waals surface area contributed by atoms with Gasteiger partial charge in [-0.2, -0.15) is 0 Å². The highest BCUT2D eigenvalue weighted by atomic mass is 19.1. The van der Waals surface area contributed by atoms with E-state index in [1.807, 2.05) is 27.7 Å². The summed E-state index contributed by atoms with van der Waals surface area (Å²) in [6, 6.07) is 1.43. The number of rotatable bonds is 17. The van der Waals surface area contributed by atoms with Crippen LogP contribution in [0, 0.1) is 23.4 Å². The first-order chi connectivity index (χ1) is 15.1. The Morgan fingerprint density at radius 2 is 1.25 bits per heavy atom. The van der Waals surface area contributed by atoms with Crippen LogP contribution in [0.15, 0.2) is 12.1 Å². The third-order valence-corrected chi connectivity index (χ3v) is 5.57. The quantitative estimate of drug-likeness (QED) is 0.191. The first-order valence-corrected chi connectivity index (χ1v) is 12.3. The Hall–Kier alpha value is -1.11. The lowest BCUT2D eigenvalue weighted by atomic mass is 9.91. The molecule has 6 heteroatoms. The van der Waals surface area contributed by atoms with Crippen molar-refractivity contribution >= 4 is 0 Å². The van der Waals surface area contributed by atoms with Gasteiger partial charge in [-0.25, -0.2) is 13.2 Å². The zero-order valence-electron chi connectivity index (χ0n) is 20.6. The molecule has 0 radical (unpaired) electrons. The van der Waals surface area contributed by atoms with Crippen molar-refractivity contribution in [2.75, 3.05) is 0 Å². The normalized spacial score (nSPS) is 13.3. The number of hydrogen-bond acceptors (Lipinski definition) is 3. The summed E-state index contributed by atoms with van der Waals surface area (Å²) in [6.07, 6.45) is 9.12. The van der Waals surface area contributed by atoms with Gasteiger partial charge in [0.2, 0.25) is 0 Å². The number of aliphatic hydroxyl groups is 1. The molecule has 0 aliphatic rings. The second-order valence-electron chi connectivity index (χ2n) is 9.31. The Morgan fingerprint density at radius 1 is 0.781 bits per heavy atom. The van der Waals surface area contributed by atoms with Crippen molar-refractivity contribution in [2.45, 2.75) is 123 Å². The van der Waals surface area contributed by atoms with E-state index in [1.165, 1.54) is 19.3 Å². The number of benzene rings is 1. The molecule has 0 fully saturated rings. The van der Waals surface area contributed by atoms with E-state index in [0.29, 0.717) is 31.4 Å². The minimum atomic E-state index is -1.70. The minimum absolute atomic E-state index is 0.0917. The van der Waals surface area contributed by atoms with Crippen molar-refractivity contribution in [3.63, 3.8) is 0 Å². The van der Waals surface area contributed by atoms with E-state index in [9.17, 15) is 18.3 Å². The van der Waals surface area contributed by atoms with Gasteiger partial charge in [-0.3, -0.25) is 0 Å². The zero-order chi connectivity index (χ0) is 24.1. The summed E-state index contributed by atoms with van der Waals surface area (Å²) in [7, 11) is 0. The van der Waals surface area contributed by atoms with Crippen LogP contribution in [0.1, 0.15) is 104 Å². The number of ether oxygens (including phenoxy) is 2. The van der Waals surface area contributed by atoms with Crippen LogP contribution in [0.4, 0.5) is 13.2 Å². The maximum atomic E-state index is 13.9. The molecular formula is C26H43F3O3. The highest BCUT2D eigenvalue weighted by Crippen LogP contribution is 2.33. The second-order valence-corrected chi connectivity index (χ2v) is 9.31. The van der Waals surface area contributed by atoms with Crippen molar-refractivity contribution in [3.05, 3.63) is 35.1 Å². The summed E-state index contributed by atoms with van der Waals surface area (Å²) in [6.45, 7) is 9.62. The average molecular weight is 461 g/mol. The molecule has 32 heavy (non-hydrogen) atoms. The molecule has 1 N–H and O–H groups in total. The van der Waals surface area contributed by atoms with Crippen LogP contribution in [-0.2, 0) is 15.9 Å². The largest absolute Gasteiger partial charge is 0.343 e. The van der Waals surface area contributed by atoms with Gasteiger partial charge in [0.15, 0.2) is 0 Å². The van der Waals surface area contributed by atoms with Crippen molar-refractivity contribution < 1.29 is 27.8 Å². The average Bonchev–Trinajstić information content (AvgIpc) is 2.66. The molecule has 0 aliphatic carbocycles. The molecule has 3 nitrogen and oxygen atoms in total. The molecule has 186 valence electrons. The number of unbranched alkanes of at least 4 members (excludes halogenated alkanes) is 6. The molecular weight excluding hydrogens is 417 g/mol. The van der Waals surface area contributed by atoms with E-state index >= 15 is 0 Å². The monoisotopic (exact) mass is 460 g/mol. The lowest BCUT2D eigenvalue weighted by molar-refractivity contribution is -0.407. The molecule has 1 unspecified atom stereocenters. The van der Waals surface area contributed by atoms with E-state index in [1.54, 1.807) is 0 Å². The summed E-state index contributed by atoms with van der Waals surface area (Å²) in [5, 5.41) is 11.3. The molecule has 0 heterocycles. The molecule has 0 bridgehead atoms. The molecule has 0 saturated heterocycles. The van der Waals surface area contributed by atoms with Gasteiger partial charge < -0.3 is 14.6 Å². The van der Waals surface area contributed by atoms with Gasteiger partial charge in [0, 0.05) is 23.6 Å². The van der Waals surface area contributed by atoms with Crippen LogP contribution < -0.4 is 0 Å². The van der Waals surface area contributed by atoms with Crippen LogP contribution in [0.3, 0.4) is 0 Å². The Bertz CT molecular complexity index is 616. The van der Waals surface area contributed by atoms with E-state index in [2.05, 4.69) is 6.92 Å². The summed E-state index contributed by atoms with van der Waals surface area (Å²) in [5.74, 6) is -4.56. The maximum Gasteiger partial charge on any atom is 0.283 e. The zero-order valence-corrected chi connectivity index (χ0v) is 20.6. The van der Waals surface area contributed by atoms with Gasteiger partial charge in [0.1, 0.15) is 17.5 Å². The van der Waals surface area contributed by atoms with Crippen molar-refractivity contribution in [1.82, 2.24) is 0 Å². The summed E-state index contributed by atoms with van der Waals surface area (Å²) >= 11 is 0. The highest BCUT2D eigenvalue weighted by molar-refractivity contribution is 5.20. The van der Waals surface area contributed by atoms with Crippen LogP contribution in [0.25, 0.3) is 0 Å². The third-order valence-electron chi connectivity index (χ3n) is 5.57. The SMILES string of the molecule is CCCCCCCCC(CCCCc1c(F)cc(F)cc1F)C(O)(OC(C)C)OC(C)C. The van der Waals surface area contributed by atoms with Gasteiger partial charge >= 0.3 is 0 Å². The maximum absolute atomic E-state index is 13.9. The fraction of sp³-hybridized carbons (Fsp3) is 0.769. The molecule has 0 amide bonds. The second kappa shape index (κ2) is 14.9. The third kappa shape index (κ3) is 10.7. The Morgan fingerprint density at radius 3 is 1.75 bits per heavy atom. The summed E-state index contributed by atoms with van der Waals surface area (Å²) in [4.78, 5) is 0. The van der Waals surface area contributed by atoms with Crippen molar-refractivity contribution in [3.8, 4) is 0 Å². The van der Waals surface area contributed by atoms with E-state index in [0.717, 1.165) is 25.7 Å². The molecule has 0 saturated carbocycles. The molecule has 0 aromatic heterocycles. The molecule has 1 aromatic rings. The van der Waals surface area contributed by atoms with Crippen molar-refractivity contribution in [2.24, 2.45) is 5.92 Å². The Labute approximate surface area is 192 Å². The summed E-state index contributed by atoms with van der Waals surface area (Å²) < 4.78 is 52.6. The number of halogens is 3. The minimum Gasteiger partial charge on any atom is -0.343 e. The standard InChI is InChI=1S/C26H43F3O3/c1-6-7-8-9-10-11-14-21(26(30,31-19(2)3)32-20(4)5)15-12-13-16-23-24(28)17-22(27)18-25(23)29/h17-21,30H,6-16H2,1-5H3. The van der Waals surface area contributed by atoms with E-state index in [-0.39, 0.29) is 30.1 Å². The smallest absolute Gasteiger partial charge is 0.283 e. The van der Waals surface area contributed by atoms with Crippen LogP contribution in [-0.4, -0.2) is 23.3 Å². The van der Waals surface area contributed by atoms with Gasteiger partial charge in [0.25, 0.3) is 5.97 Å². The van der Waals surface area contributed by atoms with Gasteiger partial charge in [-0.1, -0.05) is 51.9 Å².